The molecule has 0 radical (unpaired) electrons. The number of nitrogens with one attached hydrogen (secondary N) is 2. The van der Waals surface area contributed by atoms with Gasteiger partial charge in [-0.3, -0.25) is 10.1 Å². The molecule has 0 fully saturated rings. The molecular weight excluding hydrogens is 232 g/mol. The lowest BCUT2D eigenvalue weighted by atomic mass is 10.3. The van der Waals surface area contributed by atoms with Crippen molar-refractivity contribution in [1.82, 2.24) is 15.3 Å². The molecule has 0 aliphatic carbocycles. The van der Waals surface area contributed by atoms with Gasteiger partial charge in [0.05, 0.1) is 13.2 Å². The summed E-state index contributed by atoms with van der Waals surface area (Å²) in [6.45, 7) is 1.72. The molecule has 0 spiro atoms. The summed E-state index contributed by atoms with van der Waals surface area (Å²) in [6.07, 6.45) is 0. The minimum absolute atomic E-state index is 0.122. The molecule has 1 rings (SSSR count). The first-order valence-electron chi connectivity index (χ1n) is 4.63. The van der Waals surface area contributed by atoms with Gasteiger partial charge in [0.2, 0.25) is 17.7 Å². The highest BCUT2D eigenvalue weighted by Crippen LogP contribution is 2.15. The lowest BCUT2D eigenvalue weighted by Gasteiger charge is -2.10. The number of hydrogen-bond acceptors (Lipinski definition) is 5. The number of carbonyl (C=O) groups is 1. The zero-order valence-corrected chi connectivity index (χ0v) is 10.00. The Morgan fingerprint density at radius 2 is 2.25 bits per heavy atom. The molecule has 0 aliphatic rings. The molecule has 88 valence electrons. The molecule has 7 heteroatoms. The first kappa shape index (κ1) is 12.7. The molecular formula is C9H13ClN4O2. The van der Waals surface area contributed by atoms with Crippen LogP contribution >= 0.6 is 11.6 Å². The lowest BCUT2D eigenvalue weighted by molar-refractivity contribution is -0.117. The molecule has 1 aromatic rings. The van der Waals surface area contributed by atoms with Gasteiger partial charge in [0.1, 0.15) is 5.15 Å². The number of hydrogen-bond donors (Lipinski definition) is 2. The van der Waals surface area contributed by atoms with Crippen molar-refractivity contribution in [3.63, 3.8) is 0 Å². The predicted molar refractivity (Wildman–Crippen MR) is 60.7 cm³/mol. The molecule has 1 heterocycles. The topological polar surface area (TPSA) is 76.1 Å². The summed E-state index contributed by atoms with van der Waals surface area (Å²) < 4.78 is 4.90. The number of carbonyl (C=O) groups excluding carboxylic acids is 1. The van der Waals surface area contributed by atoms with Crippen molar-refractivity contribution in [3.8, 4) is 5.88 Å². The van der Waals surface area contributed by atoms with Crippen molar-refractivity contribution >= 4 is 23.5 Å². The number of halogens is 1. The minimum Gasteiger partial charge on any atom is -0.481 e. The molecule has 0 saturated carbocycles. The SMILES string of the molecule is CNC(C)C(=O)Nc1nc(Cl)cc(OC)n1. The molecule has 6 nitrogen and oxygen atoms in total. The summed E-state index contributed by atoms with van der Waals surface area (Å²) in [4.78, 5) is 19.3. The smallest absolute Gasteiger partial charge is 0.243 e. The summed E-state index contributed by atoms with van der Waals surface area (Å²) in [6, 6.07) is 1.12. The Morgan fingerprint density at radius 1 is 1.56 bits per heavy atom. The van der Waals surface area contributed by atoms with E-state index >= 15 is 0 Å². The highest BCUT2D eigenvalue weighted by atomic mass is 35.5. The maximum Gasteiger partial charge on any atom is 0.243 e. The number of nitrogens with zero attached hydrogens (tertiary/aromatic N) is 2. The molecule has 1 atom stereocenters. The number of ether oxygens (including phenoxy) is 1. The van der Waals surface area contributed by atoms with Crippen LogP contribution in [0.2, 0.25) is 5.15 Å². The number of amides is 1. The molecule has 16 heavy (non-hydrogen) atoms. The van der Waals surface area contributed by atoms with Crippen molar-refractivity contribution in [2.45, 2.75) is 13.0 Å². The Morgan fingerprint density at radius 3 is 2.81 bits per heavy atom. The molecule has 1 unspecified atom stereocenters. The van der Waals surface area contributed by atoms with Crippen LogP contribution in [0.3, 0.4) is 0 Å². The zero-order valence-electron chi connectivity index (χ0n) is 9.24. The second kappa shape index (κ2) is 5.62. The minimum atomic E-state index is -0.339. The van der Waals surface area contributed by atoms with E-state index in [0.717, 1.165) is 0 Å². The van der Waals surface area contributed by atoms with Crippen LogP contribution in [-0.2, 0) is 4.79 Å². The van der Waals surface area contributed by atoms with Gasteiger partial charge < -0.3 is 10.1 Å². The Kier molecular flexibility index (Phi) is 4.45. The van der Waals surface area contributed by atoms with Crippen LogP contribution < -0.4 is 15.4 Å². The number of aromatic nitrogens is 2. The fraction of sp³-hybridized carbons (Fsp3) is 0.444. The maximum absolute atomic E-state index is 11.5. The lowest BCUT2D eigenvalue weighted by Crippen LogP contribution is -2.36. The first-order chi connectivity index (χ1) is 7.56. The standard InChI is InChI=1S/C9H13ClN4O2/c1-5(11-2)8(15)14-9-12-6(10)4-7(13-9)16-3/h4-5,11H,1-3H3,(H,12,13,14,15). The first-order valence-corrected chi connectivity index (χ1v) is 5.01. The van der Waals surface area contributed by atoms with E-state index in [1.54, 1.807) is 14.0 Å². The van der Waals surface area contributed by atoms with Gasteiger partial charge in [-0.05, 0) is 14.0 Å². The number of likely N-dealkylation sites (N-methyl/N-ethyl adjacent to an activating group) is 1. The summed E-state index contributed by atoms with van der Waals surface area (Å²) in [5, 5.41) is 5.52. The summed E-state index contributed by atoms with van der Waals surface area (Å²) >= 11 is 5.73. The third kappa shape index (κ3) is 3.32. The average molecular weight is 245 g/mol. The summed E-state index contributed by atoms with van der Waals surface area (Å²) in [7, 11) is 3.14. The third-order valence-electron chi connectivity index (χ3n) is 1.94. The molecule has 1 aromatic heterocycles. The van der Waals surface area contributed by atoms with Gasteiger partial charge in [0.15, 0.2) is 0 Å². The van der Waals surface area contributed by atoms with E-state index in [1.165, 1.54) is 13.2 Å². The van der Waals surface area contributed by atoms with Gasteiger partial charge in [0.25, 0.3) is 0 Å². The van der Waals surface area contributed by atoms with Gasteiger partial charge in [-0.25, -0.2) is 4.98 Å². The average Bonchev–Trinajstić information content (AvgIpc) is 2.26. The van der Waals surface area contributed by atoms with Gasteiger partial charge in [0, 0.05) is 6.07 Å². The van der Waals surface area contributed by atoms with Crippen LogP contribution in [-0.4, -0.2) is 36.1 Å². The Hall–Kier alpha value is -1.40. The van der Waals surface area contributed by atoms with Crippen molar-refractivity contribution in [2.75, 3.05) is 19.5 Å². The van der Waals surface area contributed by atoms with E-state index in [0.29, 0.717) is 5.88 Å². The van der Waals surface area contributed by atoms with E-state index in [2.05, 4.69) is 20.6 Å². The summed E-state index contributed by atoms with van der Waals surface area (Å²) in [5.41, 5.74) is 0. The molecule has 0 aliphatic heterocycles. The van der Waals surface area contributed by atoms with Crippen molar-refractivity contribution in [2.24, 2.45) is 0 Å². The largest absolute Gasteiger partial charge is 0.481 e. The van der Waals surface area contributed by atoms with Gasteiger partial charge in [-0.2, -0.15) is 4.98 Å². The number of methoxy groups -OCH3 is 1. The Labute approximate surface area is 98.4 Å². The Balaban J connectivity index is 2.81. The van der Waals surface area contributed by atoms with E-state index in [9.17, 15) is 4.79 Å². The second-order valence-electron chi connectivity index (χ2n) is 3.06. The fourth-order valence-electron chi connectivity index (χ4n) is 0.907. The van der Waals surface area contributed by atoms with E-state index in [4.69, 9.17) is 16.3 Å². The van der Waals surface area contributed by atoms with Crippen LogP contribution in [0.15, 0.2) is 6.07 Å². The van der Waals surface area contributed by atoms with E-state index in [1.807, 2.05) is 0 Å². The van der Waals surface area contributed by atoms with Crippen LogP contribution in [0.25, 0.3) is 0 Å². The molecule has 0 bridgehead atoms. The highest BCUT2D eigenvalue weighted by molar-refractivity contribution is 6.29. The molecule has 0 aromatic carbocycles. The monoisotopic (exact) mass is 244 g/mol. The zero-order chi connectivity index (χ0) is 12.1. The fourth-order valence-corrected chi connectivity index (χ4v) is 1.08. The predicted octanol–water partition coefficient (Wildman–Crippen LogP) is 0.685. The second-order valence-corrected chi connectivity index (χ2v) is 3.44. The molecule has 2 N–H and O–H groups in total. The number of rotatable bonds is 4. The van der Waals surface area contributed by atoms with Gasteiger partial charge >= 0.3 is 0 Å². The normalized spacial score (nSPS) is 12.0. The van der Waals surface area contributed by atoms with Gasteiger partial charge in [-0.1, -0.05) is 11.6 Å². The van der Waals surface area contributed by atoms with E-state index in [-0.39, 0.29) is 23.1 Å². The van der Waals surface area contributed by atoms with E-state index < -0.39 is 0 Å². The highest BCUT2D eigenvalue weighted by Gasteiger charge is 2.12. The third-order valence-corrected chi connectivity index (χ3v) is 2.14. The van der Waals surface area contributed by atoms with Crippen LogP contribution in [0.4, 0.5) is 5.95 Å². The maximum atomic E-state index is 11.5. The molecule has 1 amide bonds. The van der Waals surface area contributed by atoms with Crippen molar-refractivity contribution in [3.05, 3.63) is 11.2 Å². The van der Waals surface area contributed by atoms with Gasteiger partial charge in [-0.15, -0.1) is 0 Å². The molecule has 0 saturated heterocycles. The van der Waals surface area contributed by atoms with Crippen LogP contribution in [0, 0.1) is 0 Å². The Bertz CT molecular complexity index is 386. The van der Waals surface area contributed by atoms with Crippen molar-refractivity contribution in [1.29, 1.82) is 0 Å². The van der Waals surface area contributed by atoms with Crippen LogP contribution in [0.5, 0.6) is 5.88 Å². The van der Waals surface area contributed by atoms with Crippen molar-refractivity contribution < 1.29 is 9.53 Å². The number of anilines is 1. The van der Waals surface area contributed by atoms with Crippen LogP contribution in [0.1, 0.15) is 6.92 Å². The quantitative estimate of drug-likeness (QED) is 0.762. The summed E-state index contributed by atoms with van der Waals surface area (Å²) in [5.74, 6) is 0.177.